The molecule has 2 aromatic heterocycles. The van der Waals surface area contributed by atoms with Crippen molar-refractivity contribution < 1.29 is 17.6 Å². The van der Waals surface area contributed by atoms with Crippen LogP contribution in [0, 0.1) is 11.3 Å². The Labute approximate surface area is 199 Å². The highest BCUT2D eigenvalue weighted by Gasteiger charge is 2.45. The zero-order chi connectivity index (χ0) is 25.2. The van der Waals surface area contributed by atoms with E-state index < -0.39 is 29.5 Å². The van der Waals surface area contributed by atoms with E-state index in [2.05, 4.69) is 26.8 Å². The fourth-order valence-corrected chi connectivity index (χ4v) is 4.86. The van der Waals surface area contributed by atoms with Gasteiger partial charge >= 0.3 is 6.18 Å². The number of hydrogen-bond donors (Lipinski definition) is 3. The fraction of sp³-hybridized carbons (Fsp3) is 0.458. The zero-order valence-electron chi connectivity index (χ0n) is 19.1. The van der Waals surface area contributed by atoms with E-state index >= 15 is 4.39 Å². The minimum absolute atomic E-state index is 0.0496. The Kier molecular flexibility index (Phi) is 6.85. The van der Waals surface area contributed by atoms with E-state index in [9.17, 15) is 23.2 Å². The maximum atomic E-state index is 15.3. The van der Waals surface area contributed by atoms with E-state index in [0.717, 1.165) is 6.42 Å². The average molecular weight is 491 g/mol. The average Bonchev–Trinajstić information content (AvgIpc) is 3.19. The van der Waals surface area contributed by atoms with E-state index in [1.54, 1.807) is 13.0 Å². The second-order valence-electron chi connectivity index (χ2n) is 8.76. The Bertz CT molecular complexity index is 1280. The molecule has 0 amide bonds. The molecule has 3 N–H and O–H groups in total. The largest absolute Gasteiger partial charge is 0.407 e. The number of halogens is 4. The third kappa shape index (κ3) is 4.62. The van der Waals surface area contributed by atoms with Gasteiger partial charge in [0.2, 0.25) is 0 Å². The fourth-order valence-electron chi connectivity index (χ4n) is 4.86. The highest BCUT2D eigenvalue weighted by Crippen LogP contribution is 2.42. The normalized spacial score (nSPS) is 21.5. The Hall–Kier alpha value is -3.39. The molecule has 1 aromatic carbocycles. The molecule has 1 aliphatic rings. The number of anilines is 2. The summed E-state index contributed by atoms with van der Waals surface area (Å²) in [6.45, 7) is 1.75. The standard InChI is InChI=1S/C24H26F4N6O/c1-2-30-20(24(26,27)28)15-6-8-16(9-7-15)32-21-19-17(10-14-31-22(19)35)34(33-21)23(12-13-29)11-4-3-5-18(23)25/h6-10,14,18,20,30H,2-5,11-12H2,1H3,(H,31,35)(H,32,33)/t18-,20-,23-/m1/s1. The van der Waals surface area contributed by atoms with Gasteiger partial charge in [-0.25, -0.2) is 4.39 Å². The molecule has 0 spiro atoms. The number of H-pyrrole nitrogens is 1. The summed E-state index contributed by atoms with van der Waals surface area (Å²) in [5, 5.41) is 19.6. The molecule has 1 fully saturated rings. The van der Waals surface area contributed by atoms with Crippen LogP contribution in [-0.2, 0) is 5.54 Å². The van der Waals surface area contributed by atoms with Crippen molar-refractivity contribution in [2.24, 2.45) is 0 Å². The maximum Gasteiger partial charge on any atom is 0.407 e. The van der Waals surface area contributed by atoms with Crippen LogP contribution < -0.4 is 16.2 Å². The van der Waals surface area contributed by atoms with Gasteiger partial charge in [-0.15, -0.1) is 0 Å². The Balaban J connectivity index is 1.75. The third-order valence-corrected chi connectivity index (χ3v) is 6.55. The molecule has 35 heavy (non-hydrogen) atoms. The molecule has 0 unspecified atom stereocenters. The molecular formula is C24H26F4N6O. The number of nitrogens with one attached hydrogen (secondary N) is 3. The van der Waals surface area contributed by atoms with Gasteiger partial charge in [0.25, 0.3) is 5.56 Å². The van der Waals surface area contributed by atoms with Crippen LogP contribution in [0.25, 0.3) is 10.9 Å². The molecule has 3 atom stereocenters. The summed E-state index contributed by atoms with van der Waals surface area (Å²) in [5.74, 6) is 0.142. The van der Waals surface area contributed by atoms with Crippen LogP contribution in [0.3, 0.4) is 0 Å². The van der Waals surface area contributed by atoms with Crippen LogP contribution in [-0.4, -0.2) is 33.7 Å². The van der Waals surface area contributed by atoms with Gasteiger partial charge in [-0.05, 0) is 43.1 Å². The molecule has 0 bridgehead atoms. The highest BCUT2D eigenvalue weighted by atomic mass is 19.4. The maximum absolute atomic E-state index is 15.3. The van der Waals surface area contributed by atoms with Crippen LogP contribution in [0.1, 0.15) is 50.6 Å². The quantitative estimate of drug-likeness (QED) is 0.396. The summed E-state index contributed by atoms with van der Waals surface area (Å²) >= 11 is 0. The first-order valence-electron chi connectivity index (χ1n) is 11.5. The lowest BCUT2D eigenvalue weighted by Crippen LogP contribution is -2.45. The number of hydrogen-bond acceptors (Lipinski definition) is 5. The molecule has 1 saturated carbocycles. The highest BCUT2D eigenvalue weighted by molar-refractivity contribution is 5.91. The summed E-state index contributed by atoms with van der Waals surface area (Å²) < 4.78 is 56.9. The first-order chi connectivity index (χ1) is 16.7. The molecule has 2 heterocycles. The van der Waals surface area contributed by atoms with Crippen LogP contribution in [0.15, 0.2) is 41.3 Å². The first-order valence-corrected chi connectivity index (χ1v) is 11.5. The number of aromatic amines is 1. The number of nitrogens with zero attached hydrogens (tertiary/aromatic N) is 3. The van der Waals surface area contributed by atoms with Gasteiger partial charge in [-0.1, -0.05) is 31.9 Å². The van der Waals surface area contributed by atoms with Crippen molar-refractivity contribution in [3.63, 3.8) is 0 Å². The molecule has 7 nitrogen and oxygen atoms in total. The van der Waals surface area contributed by atoms with Crippen molar-refractivity contribution in [1.82, 2.24) is 20.1 Å². The molecule has 0 saturated heterocycles. The van der Waals surface area contributed by atoms with Crippen molar-refractivity contribution in [3.8, 4) is 6.07 Å². The number of alkyl halides is 4. The summed E-state index contributed by atoms with van der Waals surface area (Å²) in [4.78, 5) is 15.3. The molecule has 4 rings (SSSR count). The van der Waals surface area contributed by atoms with E-state index in [4.69, 9.17) is 0 Å². The zero-order valence-corrected chi connectivity index (χ0v) is 19.1. The predicted octanol–water partition coefficient (Wildman–Crippen LogP) is 5.20. The van der Waals surface area contributed by atoms with Gasteiger partial charge in [0.1, 0.15) is 23.1 Å². The number of rotatable bonds is 7. The van der Waals surface area contributed by atoms with Gasteiger partial charge in [0.05, 0.1) is 18.0 Å². The smallest absolute Gasteiger partial charge is 0.338 e. The number of pyridine rings is 1. The number of nitriles is 1. The van der Waals surface area contributed by atoms with Crippen LogP contribution in [0.4, 0.5) is 29.1 Å². The Morgan fingerprint density at radius 1 is 1.29 bits per heavy atom. The molecule has 0 radical (unpaired) electrons. The minimum atomic E-state index is -4.45. The first kappa shape index (κ1) is 24.7. The van der Waals surface area contributed by atoms with E-state index in [-0.39, 0.29) is 29.7 Å². The summed E-state index contributed by atoms with van der Waals surface area (Å²) in [6, 6.07) is 7.53. The van der Waals surface area contributed by atoms with Gasteiger partial charge in [-0.3, -0.25) is 9.48 Å². The minimum Gasteiger partial charge on any atom is -0.338 e. The van der Waals surface area contributed by atoms with Crippen molar-refractivity contribution in [3.05, 3.63) is 52.4 Å². The second-order valence-corrected chi connectivity index (χ2v) is 8.76. The van der Waals surface area contributed by atoms with E-state index in [1.165, 1.54) is 35.1 Å². The number of fused-ring (bicyclic) bond motifs is 1. The van der Waals surface area contributed by atoms with Crippen molar-refractivity contribution in [1.29, 1.82) is 5.26 Å². The summed E-state index contributed by atoms with van der Waals surface area (Å²) in [6.07, 6.45) is -2.29. The van der Waals surface area contributed by atoms with Crippen LogP contribution in [0.2, 0.25) is 0 Å². The third-order valence-electron chi connectivity index (χ3n) is 6.55. The SMILES string of the molecule is CCN[C@H](c1ccc(Nc2nn([C@@]3(CC#N)CCCC[C@H]3F)c3cc[nH]c(=O)c23)cc1)C(F)(F)F. The van der Waals surface area contributed by atoms with E-state index in [0.29, 0.717) is 30.5 Å². The van der Waals surface area contributed by atoms with E-state index in [1.807, 2.05) is 0 Å². The Morgan fingerprint density at radius 3 is 2.66 bits per heavy atom. The molecular weight excluding hydrogens is 464 g/mol. The lowest BCUT2D eigenvalue weighted by molar-refractivity contribution is -0.157. The van der Waals surface area contributed by atoms with Crippen molar-refractivity contribution >= 4 is 22.4 Å². The van der Waals surface area contributed by atoms with Gasteiger partial charge in [0.15, 0.2) is 5.82 Å². The number of aromatic nitrogens is 3. The molecule has 1 aliphatic carbocycles. The van der Waals surface area contributed by atoms with Crippen LogP contribution >= 0.6 is 0 Å². The van der Waals surface area contributed by atoms with Gasteiger partial charge < -0.3 is 15.6 Å². The van der Waals surface area contributed by atoms with Crippen LogP contribution in [0.5, 0.6) is 0 Å². The van der Waals surface area contributed by atoms with Crippen molar-refractivity contribution in [2.75, 3.05) is 11.9 Å². The summed E-state index contributed by atoms with van der Waals surface area (Å²) in [5.41, 5.74) is -0.800. The second kappa shape index (κ2) is 9.70. The lowest BCUT2D eigenvalue weighted by atomic mass is 9.78. The van der Waals surface area contributed by atoms with Crippen molar-refractivity contribution in [2.45, 2.75) is 63.0 Å². The summed E-state index contributed by atoms with van der Waals surface area (Å²) in [7, 11) is 0. The molecule has 11 heteroatoms. The van der Waals surface area contributed by atoms with Gasteiger partial charge in [-0.2, -0.15) is 23.5 Å². The predicted molar refractivity (Wildman–Crippen MR) is 124 cm³/mol. The Morgan fingerprint density at radius 2 is 2.03 bits per heavy atom. The monoisotopic (exact) mass is 490 g/mol. The topological polar surface area (TPSA) is 98.5 Å². The molecule has 186 valence electrons. The molecule has 0 aliphatic heterocycles. The molecule has 3 aromatic rings. The lowest BCUT2D eigenvalue weighted by Gasteiger charge is -2.39. The van der Waals surface area contributed by atoms with Gasteiger partial charge in [0, 0.05) is 11.9 Å². The number of benzene rings is 1.